The van der Waals surface area contributed by atoms with Gasteiger partial charge in [0.2, 0.25) is 11.8 Å². The molecule has 0 aromatic heterocycles. The molecule has 21 rings (SSSR count). The van der Waals surface area contributed by atoms with Crippen LogP contribution in [0.15, 0.2) is 407 Å². The fraction of sp³-hybridized carbons (Fsp3) is 0.193. The van der Waals surface area contributed by atoms with Crippen LogP contribution in [0.3, 0.4) is 0 Å². The number of allylic oxidation sites excluding steroid dienone is 14. The van der Waals surface area contributed by atoms with E-state index in [2.05, 4.69) is 165 Å². The third-order valence-electron chi connectivity index (χ3n) is 24.8. The predicted octanol–water partition coefficient (Wildman–Crippen LogP) is 20.5. The molecule has 32 heteroatoms. The van der Waals surface area contributed by atoms with Crippen molar-refractivity contribution in [2.45, 2.75) is 79.0 Å². The molecule has 26 nitrogen and oxygen atoms in total. The van der Waals surface area contributed by atoms with Gasteiger partial charge in [-0.1, -0.05) is 167 Å². The number of thiocarbonyl (C=S) groups is 3. The monoisotopic (exact) mass is 2100 g/mol. The predicted molar refractivity (Wildman–Crippen MR) is 596 cm³/mol. The van der Waals surface area contributed by atoms with Crippen LogP contribution in [0.5, 0.6) is 11.5 Å². The van der Waals surface area contributed by atoms with Gasteiger partial charge in [-0.3, -0.25) is 29.1 Å². The average molecular weight is 2100 g/mol. The van der Waals surface area contributed by atoms with E-state index in [0.29, 0.717) is 98.3 Å². The van der Waals surface area contributed by atoms with Gasteiger partial charge in [0.1, 0.15) is 28.5 Å². The summed E-state index contributed by atoms with van der Waals surface area (Å²) in [5, 5.41) is 15.7. The number of para-hydroxylation sites is 8. The van der Waals surface area contributed by atoms with Crippen LogP contribution in [0.2, 0.25) is 0 Å². The summed E-state index contributed by atoms with van der Waals surface area (Å²) in [4.78, 5) is 114. The van der Waals surface area contributed by atoms with Gasteiger partial charge in [-0.15, -0.1) is 0 Å². The standard InChI is InChI=1S/C22H18N2O2.C20H16N2O2S.C20H16N2O2Se.C18H21N3O2S.C17H19N3O2S.C17H19N3OS2/c1-2-24-15-14-16(18-10-6-7-11-20(18)24)12-13-19-21(23-26-22(19)25)17-8-4-3-5-9-17;2*1-2-22-16-10-6-7-11-17(16)25-18(22)13-12-15-19(21-24-20(15)23)14-8-4-3-5-9-14;1-4-19-13-9-7-8-10-15(13)23-16(19)12-11-14-17(22)21(6-3)18(24)20(14)5-2;1-4-19-12-8-6-7-9-14(12)22-15(19)11-10-13-16(21)20(5-2)17(23)18(13)3;1-4-19-12-8-6-7-9-14(12)23-15(19)11-10-13-16(21)20(5-2)17(22)18(13)3/h3-15H,2H2,1H3;2*3-13H,2H2,1H3;7-12H,4-6H2,1-3H3;2*6-11H,4-5H2,1-3H3/b16-12+,19-13-;2*15-12-,18-13-;14-11+,16-12-;2*13-10+,15-11-. The zero-order valence-electron chi connectivity index (χ0n) is 82.8. The van der Waals surface area contributed by atoms with E-state index in [1.165, 1.54) is 35.9 Å². The molecule has 3 saturated heterocycles. The maximum Gasteiger partial charge on any atom is 0.368 e. The summed E-state index contributed by atoms with van der Waals surface area (Å²) < 4.78 is 14.4. The van der Waals surface area contributed by atoms with Crippen LogP contribution in [0.1, 0.15) is 91.5 Å². The number of benzene rings is 9. The second kappa shape index (κ2) is 47.9. The van der Waals surface area contributed by atoms with E-state index in [9.17, 15) is 28.8 Å². The summed E-state index contributed by atoms with van der Waals surface area (Å²) in [6.07, 6.45) is 26.6. The van der Waals surface area contributed by atoms with Crippen molar-refractivity contribution in [1.82, 2.24) is 29.4 Å². The zero-order valence-corrected chi connectivity index (χ0v) is 88.6. The second-order valence-corrected chi connectivity index (χ2v) is 38.6. The molecule has 146 heavy (non-hydrogen) atoms. The molecule has 0 atom stereocenters. The minimum absolute atomic E-state index is 0.0274. The van der Waals surface area contributed by atoms with Gasteiger partial charge < -0.3 is 58.3 Å². The Bertz CT molecular complexity index is 6890. The molecule has 0 unspecified atom stereocenters. The number of oxime groups is 3. The van der Waals surface area contributed by atoms with Gasteiger partial charge in [-0.05, 0) is 208 Å². The molecular formula is C114H109N15O11S5Se. The number of carbonyl (C=O) groups excluding carboxylic acids is 6. The van der Waals surface area contributed by atoms with Crippen molar-refractivity contribution in [2.75, 3.05) is 109 Å². The summed E-state index contributed by atoms with van der Waals surface area (Å²) in [5.74, 6) is 1.69. The Balaban J connectivity index is 0.000000125. The summed E-state index contributed by atoms with van der Waals surface area (Å²) in [7, 11) is 3.65. The Kier molecular flexibility index (Phi) is 34.0. The van der Waals surface area contributed by atoms with Crippen molar-refractivity contribution in [2.24, 2.45) is 15.5 Å². The van der Waals surface area contributed by atoms with Crippen molar-refractivity contribution in [3.05, 3.63) is 404 Å². The number of likely N-dealkylation sites (N-methyl/N-ethyl adjacent to an activating group) is 6. The first kappa shape index (κ1) is 104. The maximum atomic E-state index is 12.5. The molecule has 0 N–H and O–H groups in total. The number of thioether (sulfide) groups is 2. The Morgan fingerprint density at radius 1 is 0.315 bits per heavy atom. The Morgan fingerprint density at radius 3 is 1.10 bits per heavy atom. The maximum absolute atomic E-state index is 12.5. The van der Waals surface area contributed by atoms with Crippen LogP contribution >= 0.6 is 60.2 Å². The van der Waals surface area contributed by atoms with Crippen molar-refractivity contribution in [3.63, 3.8) is 0 Å². The van der Waals surface area contributed by atoms with Gasteiger partial charge in [0.15, 0.2) is 26.8 Å². The van der Waals surface area contributed by atoms with Gasteiger partial charge >= 0.3 is 164 Å². The summed E-state index contributed by atoms with van der Waals surface area (Å²) >= 11 is 19.7. The topological polar surface area (TPSA) is 225 Å². The van der Waals surface area contributed by atoms with Crippen molar-refractivity contribution < 1.29 is 52.8 Å². The van der Waals surface area contributed by atoms with E-state index in [-0.39, 0.29) is 32.7 Å². The SMILES string of the molecule is CCN1/C(=C/C=C2\C(=O)ON=C2c2ccccc2)Sc2ccccc21.CCN1/C(=C/C=C2\C(=O)ON=C2c2ccccc2)[Se]c2ccccc21.CCN1C(=O)/C(=C\C=C2/Oc3ccccc3N2CC)N(C)C1=S.CCN1C(=O)/C(=C\C=C2/Oc3ccccc3N2CC)N(CC)C1=S.CCN1C(=O)/C(=C\C=C2/Sc3ccccc3N2CC)N(C)C1=S.CCN1C=C/C(=C\C=C2/C(=O)ON=C2c2ccccc2)c2ccccc21. The molecule has 3 amide bonds. The van der Waals surface area contributed by atoms with Crippen molar-refractivity contribution in [3.8, 4) is 11.5 Å². The van der Waals surface area contributed by atoms with E-state index in [1.54, 1.807) is 72.3 Å². The molecule has 9 aromatic carbocycles. The van der Waals surface area contributed by atoms with Crippen LogP contribution in [-0.4, -0.2) is 192 Å². The van der Waals surface area contributed by atoms with Crippen molar-refractivity contribution >= 4 is 187 Å². The van der Waals surface area contributed by atoms with E-state index >= 15 is 0 Å². The van der Waals surface area contributed by atoms with Crippen LogP contribution in [0, 0.1) is 0 Å². The molecule has 3 fully saturated rings. The van der Waals surface area contributed by atoms with Gasteiger partial charge in [0, 0.05) is 124 Å². The summed E-state index contributed by atoms with van der Waals surface area (Å²) in [6.45, 7) is 27.9. The quantitative estimate of drug-likeness (QED) is 0.0317. The number of nitrogens with zero attached hydrogens (tertiary/aromatic N) is 15. The van der Waals surface area contributed by atoms with Gasteiger partial charge in [-0.25, -0.2) is 9.59 Å². The number of anilines is 6. The smallest absolute Gasteiger partial charge is 0.368 e. The van der Waals surface area contributed by atoms with Crippen LogP contribution in [0.4, 0.5) is 34.1 Å². The van der Waals surface area contributed by atoms with Crippen molar-refractivity contribution in [1.29, 1.82) is 0 Å². The third-order valence-corrected chi connectivity index (χ3v) is 30.9. The van der Waals surface area contributed by atoms with E-state index in [4.69, 9.17) is 60.6 Å². The Hall–Kier alpha value is -15.3. The molecule has 0 bridgehead atoms. The minimum Gasteiger partial charge on any atom is -0.439 e. The molecule has 0 aliphatic carbocycles. The molecule has 9 aromatic rings. The van der Waals surface area contributed by atoms with Crippen LogP contribution in [-0.2, 0) is 43.3 Å². The Labute approximate surface area is 882 Å². The first-order valence-corrected chi connectivity index (χ1v) is 52.8. The number of amides is 3. The number of rotatable bonds is 19. The van der Waals surface area contributed by atoms with Gasteiger partial charge in [0.05, 0.1) is 44.0 Å². The third kappa shape index (κ3) is 22.0. The normalized spacial score (nSPS) is 19.9. The largest absolute Gasteiger partial charge is 0.439 e. The molecule has 12 aliphatic rings. The average Bonchev–Trinajstić information content (AvgIpc) is 1.50. The second-order valence-electron chi connectivity index (χ2n) is 33.1. The van der Waals surface area contributed by atoms with E-state index in [0.717, 1.165) is 112 Å². The number of hydrogen-bond donors (Lipinski definition) is 0. The number of ether oxygens (including phenoxy) is 2. The van der Waals surface area contributed by atoms with Crippen LogP contribution < -0.4 is 43.3 Å². The summed E-state index contributed by atoms with van der Waals surface area (Å²) in [5.41, 5.74) is 16.7. The zero-order chi connectivity index (χ0) is 103. The van der Waals surface area contributed by atoms with Gasteiger partial charge in [0.25, 0.3) is 17.7 Å². The molecular weight excluding hydrogens is 1990 g/mol. The molecule has 0 spiro atoms. The number of carbonyl (C=O) groups is 6. The molecule has 742 valence electrons. The van der Waals surface area contributed by atoms with E-state index < -0.39 is 17.9 Å². The minimum atomic E-state index is -0.427. The summed E-state index contributed by atoms with van der Waals surface area (Å²) in [6, 6.07) is 78.0. The van der Waals surface area contributed by atoms with E-state index in [1.807, 2.05) is 265 Å². The number of hydrogen-bond acceptors (Lipinski definition) is 25. The molecule has 12 aliphatic heterocycles. The number of fused-ring (bicyclic) bond motifs is 6. The first-order chi connectivity index (χ1) is 71.1. The Morgan fingerprint density at radius 2 is 0.664 bits per heavy atom. The van der Waals surface area contributed by atoms with Crippen LogP contribution in [0.25, 0.3) is 5.57 Å². The molecule has 12 heterocycles. The molecule has 0 saturated carbocycles. The fourth-order valence-electron chi connectivity index (χ4n) is 17.4. The van der Waals surface area contributed by atoms with Gasteiger partial charge in [-0.2, -0.15) is 0 Å². The molecule has 0 radical (unpaired) electrons. The fourth-order valence-corrected chi connectivity index (χ4v) is 23.1. The first-order valence-electron chi connectivity index (χ1n) is 48.3.